The van der Waals surface area contributed by atoms with Gasteiger partial charge in [0.2, 0.25) is 11.8 Å². The summed E-state index contributed by atoms with van der Waals surface area (Å²) < 4.78 is 11.6. The van der Waals surface area contributed by atoms with Crippen molar-refractivity contribution in [3.05, 3.63) is 0 Å². The summed E-state index contributed by atoms with van der Waals surface area (Å²) in [6.07, 6.45) is 2.50. The van der Waals surface area contributed by atoms with E-state index in [1.165, 1.54) is 4.90 Å². The second-order valence-electron chi connectivity index (χ2n) is 9.25. The van der Waals surface area contributed by atoms with Crippen LogP contribution in [0.1, 0.15) is 60.3 Å². The van der Waals surface area contributed by atoms with E-state index in [1.54, 1.807) is 6.92 Å². The minimum absolute atomic E-state index is 0.0408. The van der Waals surface area contributed by atoms with Gasteiger partial charge in [-0.05, 0) is 39.0 Å². The van der Waals surface area contributed by atoms with Crippen LogP contribution in [0.3, 0.4) is 0 Å². The van der Waals surface area contributed by atoms with E-state index in [-0.39, 0.29) is 37.0 Å². The van der Waals surface area contributed by atoms with Crippen LogP contribution in [0.2, 0.25) is 0 Å². The quantitative estimate of drug-likeness (QED) is 0.540. The minimum atomic E-state index is -1.04. The molecule has 0 aromatic rings. The Morgan fingerprint density at radius 2 is 2.03 bits per heavy atom. The van der Waals surface area contributed by atoms with E-state index in [2.05, 4.69) is 12.2 Å². The average Bonchev–Trinajstić information content (AvgIpc) is 3.30. The molecule has 170 valence electrons. The Hall–Kier alpha value is -1.67. The van der Waals surface area contributed by atoms with Gasteiger partial charge in [0.05, 0.1) is 37.2 Å². The number of nitrogens with zero attached hydrogens (tertiary/aromatic N) is 1. The van der Waals surface area contributed by atoms with Crippen LogP contribution in [-0.2, 0) is 23.9 Å². The fraction of sp³-hybridized carbons (Fsp3) is 0.864. The number of carbonyl (C=O) groups is 3. The van der Waals surface area contributed by atoms with Gasteiger partial charge in [0.25, 0.3) is 0 Å². The standard InChI is InChI=1S/C22H36N2O6/c1-6-8-13(5)23-19(26)18-22-10-9-15(30-22)16(21(28)29-7-2)17(22)20(27)24(18)14(11-25)12(3)4/h12-18,25H,6-11H2,1-5H3,(H,23,26)/t13?,14-,15+,16-,17-,18?,22?/m0/s1. The van der Waals surface area contributed by atoms with E-state index >= 15 is 0 Å². The molecule has 2 N–H and O–H groups in total. The van der Waals surface area contributed by atoms with Crippen molar-refractivity contribution in [2.75, 3.05) is 13.2 Å². The Balaban J connectivity index is 2.02. The molecule has 30 heavy (non-hydrogen) atoms. The molecule has 2 bridgehead atoms. The van der Waals surface area contributed by atoms with E-state index in [0.29, 0.717) is 12.8 Å². The number of hydrogen-bond donors (Lipinski definition) is 2. The van der Waals surface area contributed by atoms with Gasteiger partial charge in [0.1, 0.15) is 11.6 Å². The third-order valence-electron chi connectivity index (χ3n) is 6.97. The van der Waals surface area contributed by atoms with E-state index in [0.717, 1.165) is 12.8 Å². The first-order chi connectivity index (χ1) is 14.2. The first kappa shape index (κ1) is 23.0. The number of esters is 1. The van der Waals surface area contributed by atoms with Crippen molar-refractivity contribution >= 4 is 17.8 Å². The Bertz CT molecular complexity index is 683. The Morgan fingerprint density at radius 3 is 2.60 bits per heavy atom. The highest BCUT2D eigenvalue weighted by atomic mass is 16.6. The van der Waals surface area contributed by atoms with E-state index < -0.39 is 41.6 Å². The summed E-state index contributed by atoms with van der Waals surface area (Å²) in [7, 11) is 0. The maximum absolute atomic E-state index is 13.7. The van der Waals surface area contributed by atoms with Gasteiger partial charge in [-0.25, -0.2) is 0 Å². The molecular weight excluding hydrogens is 388 g/mol. The Morgan fingerprint density at radius 1 is 1.33 bits per heavy atom. The number of amides is 2. The molecule has 3 rings (SSSR count). The third kappa shape index (κ3) is 3.51. The summed E-state index contributed by atoms with van der Waals surface area (Å²) in [6, 6.07) is -1.43. The zero-order valence-corrected chi connectivity index (χ0v) is 18.7. The molecule has 3 fully saturated rings. The lowest BCUT2D eigenvalue weighted by atomic mass is 9.70. The van der Waals surface area contributed by atoms with Crippen LogP contribution >= 0.6 is 0 Å². The van der Waals surface area contributed by atoms with Gasteiger partial charge >= 0.3 is 5.97 Å². The predicted molar refractivity (Wildman–Crippen MR) is 109 cm³/mol. The number of aliphatic hydroxyl groups is 1. The molecule has 7 atom stereocenters. The maximum Gasteiger partial charge on any atom is 0.312 e. The highest BCUT2D eigenvalue weighted by Crippen LogP contribution is 2.59. The number of hydrogen-bond acceptors (Lipinski definition) is 6. The number of rotatable bonds is 9. The molecule has 3 saturated heterocycles. The van der Waals surface area contributed by atoms with Gasteiger partial charge in [0.15, 0.2) is 0 Å². The van der Waals surface area contributed by atoms with Gasteiger partial charge in [-0.1, -0.05) is 27.2 Å². The van der Waals surface area contributed by atoms with E-state index in [9.17, 15) is 19.5 Å². The third-order valence-corrected chi connectivity index (χ3v) is 6.97. The van der Waals surface area contributed by atoms with Crippen LogP contribution in [0.4, 0.5) is 0 Å². The van der Waals surface area contributed by atoms with Crippen LogP contribution in [-0.4, -0.2) is 70.8 Å². The largest absolute Gasteiger partial charge is 0.466 e. The number of ether oxygens (including phenoxy) is 2. The summed E-state index contributed by atoms with van der Waals surface area (Å²) in [4.78, 5) is 41.4. The fourth-order valence-electron chi connectivity index (χ4n) is 5.70. The van der Waals surface area contributed by atoms with Gasteiger partial charge in [-0.2, -0.15) is 0 Å². The number of nitrogens with one attached hydrogen (secondary N) is 1. The SMILES string of the molecule is CCCC(C)NC(=O)C1N([C@@H](CO)C(C)C)C(=O)[C@@H]2[C@@H](C(=O)OCC)[C@H]3CCC12O3. The second kappa shape index (κ2) is 8.83. The molecule has 0 radical (unpaired) electrons. The number of aliphatic hydroxyl groups excluding tert-OH is 1. The van der Waals surface area contributed by atoms with E-state index in [4.69, 9.17) is 9.47 Å². The highest BCUT2D eigenvalue weighted by molar-refractivity contribution is 5.98. The normalized spacial score (nSPS) is 34.2. The molecule has 2 amide bonds. The van der Waals surface area contributed by atoms with Crippen LogP contribution in [0, 0.1) is 17.8 Å². The maximum atomic E-state index is 13.7. The zero-order valence-electron chi connectivity index (χ0n) is 18.7. The minimum Gasteiger partial charge on any atom is -0.466 e. The van der Waals surface area contributed by atoms with Crippen molar-refractivity contribution in [2.24, 2.45) is 17.8 Å². The Labute approximate surface area is 178 Å². The van der Waals surface area contributed by atoms with Crippen molar-refractivity contribution in [2.45, 2.75) is 90.1 Å². The summed E-state index contributed by atoms with van der Waals surface area (Å²) >= 11 is 0. The lowest BCUT2D eigenvalue weighted by Crippen LogP contribution is -2.59. The molecule has 3 aliphatic rings. The molecule has 3 aliphatic heterocycles. The number of likely N-dealkylation sites (tertiary alicyclic amines) is 1. The van der Waals surface area contributed by atoms with Crippen LogP contribution in [0.25, 0.3) is 0 Å². The van der Waals surface area contributed by atoms with E-state index in [1.807, 2.05) is 20.8 Å². The molecule has 0 saturated carbocycles. The van der Waals surface area contributed by atoms with Crippen LogP contribution in [0.5, 0.6) is 0 Å². The molecule has 1 spiro atoms. The second-order valence-corrected chi connectivity index (χ2v) is 9.25. The summed E-state index contributed by atoms with van der Waals surface area (Å²) in [5.41, 5.74) is -1.04. The number of fused-ring (bicyclic) bond motifs is 1. The summed E-state index contributed by atoms with van der Waals surface area (Å²) in [6.45, 7) is 9.52. The molecule has 8 heteroatoms. The van der Waals surface area contributed by atoms with Crippen molar-refractivity contribution in [1.29, 1.82) is 0 Å². The molecule has 0 aromatic heterocycles. The first-order valence-corrected chi connectivity index (χ1v) is 11.3. The van der Waals surface area contributed by atoms with Crippen LogP contribution < -0.4 is 5.32 Å². The summed E-state index contributed by atoms with van der Waals surface area (Å²) in [5, 5.41) is 13.1. The van der Waals surface area contributed by atoms with Crippen molar-refractivity contribution in [1.82, 2.24) is 10.2 Å². The lowest BCUT2D eigenvalue weighted by Gasteiger charge is -2.38. The first-order valence-electron chi connectivity index (χ1n) is 11.3. The van der Waals surface area contributed by atoms with Crippen molar-refractivity contribution < 1.29 is 29.0 Å². The highest BCUT2D eigenvalue weighted by Gasteiger charge is 2.75. The molecule has 3 heterocycles. The average molecular weight is 425 g/mol. The van der Waals surface area contributed by atoms with Gasteiger partial charge in [0, 0.05) is 6.04 Å². The van der Waals surface area contributed by atoms with Crippen LogP contribution in [0.15, 0.2) is 0 Å². The van der Waals surface area contributed by atoms with Gasteiger partial charge in [-0.3, -0.25) is 14.4 Å². The fourth-order valence-corrected chi connectivity index (χ4v) is 5.70. The molecule has 3 unspecified atom stereocenters. The smallest absolute Gasteiger partial charge is 0.312 e. The monoisotopic (exact) mass is 424 g/mol. The predicted octanol–water partition coefficient (Wildman–Crippen LogP) is 1.25. The topological polar surface area (TPSA) is 105 Å². The lowest BCUT2D eigenvalue weighted by molar-refractivity contribution is -0.155. The molecule has 8 nitrogen and oxygen atoms in total. The molecule has 0 aliphatic carbocycles. The molecule has 0 aromatic carbocycles. The van der Waals surface area contributed by atoms with Gasteiger partial charge < -0.3 is 24.8 Å². The molecular formula is C22H36N2O6. The van der Waals surface area contributed by atoms with Crippen molar-refractivity contribution in [3.63, 3.8) is 0 Å². The van der Waals surface area contributed by atoms with Crippen molar-refractivity contribution in [3.8, 4) is 0 Å². The summed E-state index contributed by atoms with van der Waals surface area (Å²) in [5.74, 6) is -2.50. The zero-order chi connectivity index (χ0) is 22.2. The number of carbonyl (C=O) groups excluding carboxylic acids is 3. The van der Waals surface area contributed by atoms with Gasteiger partial charge in [-0.15, -0.1) is 0 Å². The Kier molecular flexibility index (Phi) is 6.77.